The summed E-state index contributed by atoms with van der Waals surface area (Å²) in [7, 11) is 0. The third kappa shape index (κ3) is 2.88. The fraction of sp³-hybridized carbons (Fsp3) is 0.0769. The first-order valence-electron chi connectivity index (χ1n) is 5.14. The Labute approximate surface area is 117 Å². The van der Waals surface area contributed by atoms with Crippen molar-refractivity contribution in [3.8, 4) is 0 Å². The van der Waals surface area contributed by atoms with E-state index in [1.807, 2.05) is 0 Å². The van der Waals surface area contributed by atoms with Crippen molar-refractivity contribution in [3.05, 3.63) is 68.7 Å². The van der Waals surface area contributed by atoms with Gasteiger partial charge < -0.3 is 5.73 Å². The lowest BCUT2D eigenvalue weighted by Crippen LogP contribution is -2.13. The Morgan fingerprint density at radius 1 is 1.06 bits per heavy atom. The molecule has 2 N–H and O–H groups in total. The van der Waals surface area contributed by atoms with E-state index in [4.69, 9.17) is 17.3 Å². The molecule has 0 saturated heterocycles. The summed E-state index contributed by atoms with van der Waals surface area (Å²) in [5.74, 6) is -1.32. The van der Waals surface area contributed by atoms with Gasteiger partial charge in [0.1, 0.15) is 11.6 Å². The summed E-state index contributed by atoms with van der Waals surface area (Å²) in [6, 6.07) is 7.70. The second kappa shape index (κ2) is 5.34. The van der Waals surface area contributed by atoms with Gasteiger partial charge in [0.15, 0.2) is 0 Å². The molecule has 0 fully saturated rings. The molecule has 94 valence electrons. The average Bonchev–Trinajstić information content (AvgIpc) is 2.30. The van der Waals surface area contributed by atoms with Gasteiger partial charge in [-0.15, -0.1) is 0 Å². The van der Waals surface area contributed by atoms with E-state index >= 15 is 0 Å². The first-order valence-corrected chi connectivity index (χ1v) is 6.31. The minimum atomic E-state index is -0.680. The van der Waals surface area contributed by atoms with Gasteiger partial charge in [-0.05, 0) is 41.5 Å². The number of hydrogen-bond acceptors (Lipinski definition) is 1. The molecule has 0 aliphatic carbocycles. The largest absolute Gasteiger partial charge is 0.320 e. The SMILES string of the molecule is NC(c1cc(F)cc(F)c1)c1cc(Br)ccc1Cl. The Balaban J connectivity index is 2.47. The number of benzene rings is 2. The lowest BCUT2D eigenvalue weighted by atomic mass is 9.99. The van der Waals surface area contributed by atoms with Crippen LogP contribution >= 0.6 is 27.5 Å². The van der Waals surface area contributed by atoms with E-state index in [-0.39, 0.29) is 0 Å². The topological polar surface area (TPSA) is 26.0 Å². The Morgan fingerprint density at radius 2 is 1.67 bits per heavy atom. The van der Waals surface area contributed by atoms with Gasteiger partial charge in [0.05, 0.1) is 6.04 Å². The number of halogens is 4. The minimum Gasteiger partial charge on any atom is -0.320 e. The van der Waals surface area contributed by atoms with Crippen LogP contribution < -0.4 is 5.73 Å². The van der Waals surface area contributed by atoms with Crippen molar-refractivity contribution in [2.45, 2.75) is 6.04 Å². The Bertz CT molecular complexity index is 569. The molecular weight excluding hydrogens is 324 g/mol. The molecule has 0 bridgehead atoms. The highest BCUT2D eigenvalue weighted by molar-refractivity contribution is 9.10. The molecule has 0 aliphatic rings. The van der Waals surface area contributed by atoms with E-state index in [0.717, 1.165) is 10.5 Å². The van der Waals surface area contributed by atoms with Crippen LogP contribution in [0, 0.1) is 11.6 Å². The van der Waals surface area contributed by atoms with Crippen LogP contribution in [0.5, 0.6) is 0 Å². The number of hydrogen-bond donors (Lipinski definition) is 1. The van der Waals surface area contributed by atoms with Crippen LogP contribution in [0.25, 0.3) is 0 Å². The molecule has 1 nitrogen and oxygen atoms in total. The highest BCUT2D eigenvalue weighted by Gasteiger charge is 2.14. The van der Waals surface area contributed by atoms with Crippen LogP contribution in [-0.2, 0) is 0 Å². The van der Waals surface area contributed by atoms with Gasteiger partial charge in [-0.25, -0.2) is 8.78 Å². The summed E-state index contributed by atoms with van der Waals surface area (Å²) >= 11 is 9.34. The zero-order chi connectivity index (χ0) is 13.3. The van der Waals surface area contributed by atoms with Crippen molar-refractivity contribution in [2.75, 3.05) is 0 Å². The van der Waals surface area contributed by atoms with E-state index in [0.29, 0.717) is 16.1 Å². The zero-order valence-electron chi connectivity index (χ0n) is 9.13. The lowest BCUT2D eigenvalue weighted by Gasteiger charge is -2.15. The monoisotopic (exact) mass is 331 g/mol. The summed E-state index contributed by atoms with van der Waals surface area (Å²) in [5, 5.41) is 0.454. The third-order valence-corrected chi connectivity index (χ3v) is 3.37. The van der Waals surface area contributed by atoms with Crippen molar-refractivity contribution in [1.29, 1.82) is 0 Å². The minimum absolute atomic E-state index is 0.340. The van der Waals surface area contributed by atoms with Crippen molar-refractivity contribution in [3.63, 3.8) is 0 Å². The van der Waals surface area contributed by atoms with Crippen molar-refractivity contribution in [2.24, 2.45) is 5.73 Å². The molecule has 0 spiro atoms. The van der Waals surface area contributed by atoms with Crippen molar-refractivity contribution >= 4 is 27.5 Å². The van der Waals surface area contributed by atoms with E-state index in [2.05, 4.69) is 15.9 Å². The quantitative estimate of drug-likeness (QED) is 0.865. The molecule has 1 atom stereocenters. The van der Waals surface area contributed by atoms with Crippen LogP contribution in [0.4, 0.5) is 8.78 Å². The highest BCUT2D eigenvalue weighted by atomic mass is 79.9. The van der Waals surface area contributed by atoms with Crippen LogP contribution in [-0.4, -0.2) is 0 Å². The van der Waals surface area contributed by atoms with Gasteiger partial charge in [-0.3, -0.25) is 0 Å². The Kier molecular flexibility index (Phi) is 4.00. The second-order valence-electron chi connectivity index (χ2n) is 3.85. The molecule has 0 aromatic heterocycles. The molecule has 2 aromatic carbocycles. The standard InChI is InChI=1S/C13H9BrClF2N/c14-8-1-2-12(15)11(5-8)13(18)7-3-9(16)6-10(17)4-7/h1-6,13H,18H2. The van der Waals surface area contributed by atoms with E-state index in [9.17, 15) is 8.78 Å². The normalized spacial score (nSPS) is 12.5. The maximum absolute atomic E-state index is 13.1. The third-order valence-electron chi connectivity index (χ3n) is 2.54. The molecular formula is C13H9BrClF2N. The molecule has 0 heterocycles. The number of rotatable bonds is 2. The van der Waals surface area contributed by atoms with Crippen LogP contribution in [0.15, 0.2) is 40.9 Å². The maximum Gasteiger partial charge on any atom is 0.126 e. The van der Waals surface area contributed by atoms with Crippen LogP contribution in [0.3, 0.4) is 0 Å². The Hall–Kier alpha value is -0.970. The van der Waals surface area contributed by atoms with E-state index < -0.39 is 17.7 Å². The fourth-order valence-corrected chi connectivity index (χ4v) is 2.30. The second-order valence-corrected chi connectivity index (χ2v) is 5.17. The first-order chi connectivity index (χ1) is 8.47. The van der Waals surface area contributed by atoms with Gasteiger partial charge in [-0.2, -0.15) is 0 Å². The molecule has 0 amide bonds. The van der Waals surface area contributed by atoms with Crippen LogP contribution in [0.2, 0.25) is 5.02 Å². The molecule has 2 aromatic rings. The predicted octanol–water partition coefficient (Wildman–Crippen LogP) is 4.43. The van der Waals surface area contributed by atoms with Gasteiger partial charge in [-0.1, -0.05) is 27.5 Å². The smallest absolute Gasteiger partial charge is 0.126 e. The fourth-order valence-electron chi connectivity index (χ4n) is 1.69. The summed E-state index contributed by atoms with van der Waals surface area (Å²) < 4.78 is 27.1. The molecule has 18 heavy (non-hydrogen) atoms. The molecule has 5 heteroatoms. The summed E-state index contributed by atoms with van der Waals surface area (Å²) in [6.07, 6.45) is 0. The predicted molar refractivity (Wildman–Crippen MR) is 71.5 cm³/mol. The lowest BCUT2D eigenvalue weighted by molar-refractivity contribution is 0.577. The molecule has 1 unspecified atom stereocenters. The van der Waals surface area contributed by atoms with E-state index in [1.54, 1.807) is 18.2 Å². The molecule has 0 radical (unpaired) electrons. The average molecular weight is 333 g/mol. The molecule has 0 saturated carbocycles. The summed E-state index contributed by atoms with van der Waals surface area (Å²) in [6.45, 7) is 0. The van der Waals surface area contributed by atoms with Crippen LogP contribution in [0.1, 0.15) is 17.2 Å². The molecule has 0 aliphatic heterocycles. The zero-order valence-corrected chi connectivity index (χ0v) is 11.5. The number of nitrogens with two attached hydrogens (primary N) is 1. The van der Waals surface area contributed by atoms with Gasteiger partial charge in [0, 0.05) is 15.6 Å². The Morgan fingerprint density at radius 3 is 2.28 bits per heavy atom. The van der Waals surface area contributed by atoms with E-state index in [1.165, 1.54) is 12.1 Å². The van der Waals surface area contributed by atoms with Gasteiger partial charge >= 0.3 is 0 Å². The van der Waals surface area contributed by atoms with Gasteiger partial charge in [0.2, 0.25) is 0 Å². The van der Waals surface area contributed by atoms with Crippen molar-refractivity contribution < 1.29 is 8.78 Å². The maximum atomic E-state index is 13.1. The van der Waals surface area contributed by atoms with Crippen molar-refractivity contribution in [1.82, 2.24) is 0 Å². The van der Waals surface area contributed by atoms with Gasteiger partial charge in [0.25, 0.3) is 0 Å². The summed E-state index contributed by atoms with van der Waals surface area (Å²) in [4.78, 5) is 0. The first kappa shape index (κ1) is 13.5. The molecule has 2 rings (SSSR count). The highest BCUT2D eigenvalue weighted by Crippen LogP contribution is 2.29. The summed E-state index contributed by atoms with van der Waals surface area (Å²) in [5.41, 5.74) is 6.93.